The second-order valence-corrected chi connectivity index (χ2v) is 4.85. The van der Waals surface area contributed by atoms with Gasteiger partial charge in [0.1, 0.15) is 6.04 Å². The molecule has 1 aliphatic carbocycles. The van der Waals surface area contributed by atoms with Gasteiger partial charge in [-0.1, -0.05) is 19.3 Å². The second kappa shape index (κ2) is 5.36. The van der Waals surface area contributed by atoms with Crippen LogP contribution in [0.4, 0.5) is 0 Å². The summed E-state index contributed by atoms with van der Waals surface area (Å²) in [5.41, 5.74) is 6.64. The predicted molar refractivity (Wildman–Crippen MR) is 65.9 cm³/mol. The van der Waals surface area contributed by atoms with Gasteiger partial charge in [-0.3, -0.25) is 4.79 Å². The summed E-state index contributed by atoms with van der Waals surface area (Å²) in [6.07, 6.45) is 8.73. The van der Waals surface area contributed by atoms with Gasteiger partial charge in [0.2, 0.25) is 0 Å². The van der Waals surface area contributed by atoms with E-state index in [0.717, 1.165) is 5.69 Å². The van der Waals surface area contributed by atoms with E-state index in [0.29, 0.717) is 12.5 Å². The van der Waals surface area contributed by atoms with E-state index in [1.165, 1.54) is 32.1 Å². The Morgan fingerprint density at radius 3 is 2.82 bits per heavy atom. The molecule has 1 saturated carbocycles. The molecule has 0 amide bonds. The van der Waals surface area contributed by atoms with Crippen LogP contribution in [-0.2, 0) is 11.2 Å². The van der Waals surface area contributed by atoms with Crippen LogP contribution in [0.25, 0.3) is 0 Å². The molecule has 0 aliphatic heterocycles. The van der Waals surface area contributed by atoms with E-state index in [2.05, 4.69) is 10.8 Å². The minimum Gasteiger partial charge on any atom is -0.480 e. The second-order valence-electron chi connectivity index (χ2n) is 4.85. The van der Waals surface area contributed by atoms with E-state index < -0.39 is 12.0 Å². The number of rotatable bonds is 4. The van der Waals surface area contributed by atoms with Crippen molar-refractivity contribution in [1.82, 2.24) is 4.57 Å². The van der Waals surface area contributed by atoms with Crippen molar-refractivity contribution in [3.8, 4) is 0 Å². The number of carboxylic acid groups (broad SMARTS) is 1. The Bertz CT molecular complexity index is 381. The molecule has 1 aliphatic rings. The smallest absolute Gasteiger partial charge is 0.320 e. The van der Waals surface area contributed by atoms with Crippen LogP contribution in [0.3, 0.4) is 0 Å². The van der Waals surface area contributed by atoms with Crippen LogP contribution in [0.5, 0.6) is 0 Å². The molecule has 0 spiro atoms. The van der Waals surface area contributed by atoms with Gasteiger partial charge in [0.05, 0.1) is 0 Å². The Hall–Kier alpha value is -1.29. The molecule has 0 bridgehead atoms. The molecule has 4 heteroatoms. The minimum absolute atomic E-state index is 0.416. The van der Waals surface area contributed by atoms with Crippen molar-refractivity contribution in [3.05, 3.63) is 24.0 Å². The van der Waals surface area contributed by atoms with Gasteiger partial charge in [0.25, 0.3) is 0 Å². The zero-order valence-corrected chi connectivity index (χ0v) is 10.0. The first-order valence-electron chi connectivity index (χ1n) is 6.32. The van der Waals surface area contributed by atoms with Gasteiger partial charge < -0.3 is 15.4 Å². The van der Waals surface area contributed by atoms with Crippen LogP contribution in [0.1, 0.15) is 43.8 Å². The maximum Gasteiger partial charge on any atom is 0.320 e. The van der Waals surface area contributed by atoms with Crippen LogP contribution in [0, 0.1) is 0 Å². The Morgan fingerprint density at radius 2 is 2.18 bits per heavy atom. The minimum atomic E-state index is -0.929. The van der Waals surface area contributed by atoms with Gasteiger partial charge >= 0.3 is 5.97 Å². The van der Waals surface area contributed by atoms with Crippen LogP contribution < -0.4 is 5.73 Å². The Labute approximate surface area is 101 Å². The van der Waals surface area contributed by atoms with E-state index in [9.17, 15) is 4.79 Å². The highest BCUT2D eigenvalue weighted by atomic mass is 16.4. The number of nitrogens with two attached hydrogens (primary N) is 1. The zero-order valence-electron chi connectivity index (χ0n) is 10.0. The van der Waals surface area contributed by atoms with Crippen molar-refractivity contribution < 1.29 is 9.90 Å². The number of carboxylic acids is 1. The molecular formula is C13H20N2O2. The fourth-order valence-electron chi connectivity index (χ4n) is 2.63. The zero-order chi connectivity index (χ0) is 12.3. The van der Waals surface area contributed by atoms with Crippen molar-refractivity contribution in [2.24, 2.45) is 5.73 Å². The van der Waals surface area contributed by atoms with Crippen LogP contribution in [0.2, 0.25) is 0 Å². The van der Waals surface area contributed by atoms with Crippen molar-refractivity contribution in [2.45, 2.75) is 50.6 Å². The molecule has 1 fully saturated rings. The van der Waals surface area contributed by atoms with E-state index in [4.69, 9.17) is 10.8 Å². The largest absolute Gasteiger partial charge is 0.480 e. The van der Waals surface area contributed by atoms with Gasteiger partial charge in [-0.2, -0.15) is 0 Å². The Kier molecular flexibility index (Phi) is 3.84. The summed E-state index contributed by atoms with van der Waals surface area (Å²) in [6.45, 7) is 0. The van der Waals surface area contributed by atoms with Gasteiger partial charge in [-0.05, 0) is 25.0 Å². The summed E-state index contributed by atoms with van der Waals surface area (Å²) in [5, 5.41) is 8.85. The molecular weight excluding hydrogens is 216 g/mol. The summed E-state index contributed by atoms with van der Waals surface area (Å²) in [5.74, 6) is -0.929. The van der Waals surface area contributed by atoms with Crippen LogP contribution in [0.15, 0.2) is 18.3 Å². The SMILES string of the molecule is NC(Cc1cccn1C1CCCCC1)C(=O)O. The molecule has 17 heavy (non-hydrogen) atoms. The first kappa shape index (κ1) is 12.2. The number of hydrogen-bond acceptors (Lipinski definition) is 2. The van der Waals surface area contributed by atoms with Gasteiger partial charge in [-0.25, -0.2) is 0 Å². The maximum atomic E-state index is 10.8. The molecule has 4 nitrogen and oxygen atoms in total. The molecule has 2 rings (SSSR count). The van der Waals surface area contributed by atoms with Crippen molar-refractivity contribution in [3.63, 3.8) is 0 Å². The number of nitrogens with zero attached hydrogens (tertiary/aromatic N) is 1. The molecule has 94 valence electrons. The topological polar surface area (TPSA) is 68.2 Å². The molecule has 1 aromatic heterocycles. The van der Waals surface area contributed by atoms with Gasteiger partial charge in [0, 0.05) is 24.4 Å². The summed E-state index contributed by atoms with van der Waals surface area (Å²) in [6, 6.07) is 3.71. The third-order valence-electron chi connectivity index (χ3n) is 3.58. The number of aromatic nitrogens is 1. The van der Waals surface area contributed by atoms with E-state index in [-0.39, 0.29) is 0 Å². The lowest BCUT2D eigenvalue weighted by molar-refractivity contribution is -0.138. The molecule has 1 unspecified atom stereocenters. The normalized spacial score (nSPS) is 19.1. The van der Waals surface area contributed by atoms with E-state index in [1.54, 1.807) is 0 Å². The van der Waals surface area contributed by atoms with Crippen molar-refractivity contribution >= 4 is 5.97 Å². The number of hydrogen-bond donors (Lipinski definition) is 2. The Morgan fingerprint density at radius 1 is 1.47 bits per heavy atom. The molecule has 1 heterocycles. The van der Waals surface area contributed by atoms with Crippen LogP contribution >= 0.6 is 0 Å². The summed E-state index contributed by atoms with van der Waals surface area (Å²) in [4.78, 5) is 10.8. The first-order valence-corrected chi connectivity index (χ1v) is 6.32. The molecule has 0 aromatic carbocycles. The predicted octanol–water partition coefficient (Wildman–Crippen LogP) is 1.95. The van der Waals surface area contributed by atoms with Crippen molar-refractivity contribution in [2.75, 3.05) is 0 Å². The third kappa shape index (κ3) is 2.88. The fourth-order valence-corrected chi connectivity index (χ4v) is 2.63. The lowest BCUT2D eigenvalue weighted by Gasteiger charge is -2.26. The average Bonchev–Trinajstić information content (AvgIpc) is 2.78. The summed E-state index contributed by atoms with van der Waals surface area (Å²) >= 11 is 0. The lowest BCUT2D eigenvalue weighted by atomic mass is 9.95. The standard InChI is InChI=1S/C13H20N2O2/c14-12(13(16)17)9-11-7-4-8-15(11)10-5-2-1-3-6-10/h4,7-8,10,12H,1-3,5-6,9,14H2,(H,16,17). The summed E-state index contributed by atoms with van der Waals surface area (Å²) < 4.78 is 2.22. The number of aliphatic carboxylic acids is 1. The average molecular weight is 236 g/mol. The van der Waals surface area contributed by atoms with Gasteiger partial charge in [-0.15, -0.1) is 0 Å². The lowest BCUT2D eigenvalue weighted by Crippen LogP contribution is -2.33. The van der Waals surface area contributed by atoms with Gasteiger partial charge in [0.15, 0.2) is 0 Å². The molecule has 3 N–H and O–H groups in total. The van der Waals surface area contributed by atoms with Crippen molar-refractivity contribution in [1.29, 1.82) is 0 Å². The van der Waals surface area contributed by atoms with E-state index >= 15 is 0 Å². The first-order chi connectivity index (χ1) is 8.18. The van der Waals surface area contributed by atoms with Crippen LogP contribution in [-0.4, -0.2) is 21.7 Å². The fraction of sp³-hybridized carbons (Fsp3) is 0.615. The maximum absolute atomic E-state index is 10.8. The molecule has 0 saturated heterocycles. The molecule has 1 aromatic rings. The highest BCUT2D eigenvalue weighted by Crippen LogP contribution is 2.29. The molecule has 0 radical (unpaired) electrons. The number of carbonyl (C=O) groups is 1. The quantitative estimate of drug-likeness (QED) is 0.839. The Balaban J connectivity index is 2.07. The summed E-state index contributed by atoms with van der Waals surface area (Å²) in [7, 11) is 0. The molecule has 1 atom stereocenters. The van der Waals surface area contributed by atoms with E-state index in [1.807, 2.05) is 12.1 Å². The highest BCUT2D eigenvalue weighted by Gasteiger charge is 2.19. The highest BCUT2D eigenvalue weighted by molar-refractivity contribution is 5.73. The third-order valence-corrected chi connectivity index (χ3v) is 3.58. The monoisotopic (exact) mass is 236 g/mol.